The van der Waals surface area contributed by atoms with Gasteiger partial charge in [-0.1, -0.05) is 24.3 Å². The molecule has 3 aliphatic rings. The lowest BCUT2D eigenvalue weighted by molar-refractivity contribution is -0.137. The number of fused-ring (bicyclic) bond motifs is 2. The topological polar surface area (TPSA) is 77.5 Å². The van der Waals surface area contributed by atoms with Crippen LogP contribution in [0.1, 0.15) is 52.7 Å². The number of morpholine rings is 1. The second-order valence-electron chi connectivity index (χ2n) is 11.1. The number of carboxylic acids is 1. The molecule has 6 rings (SSSR count). The summed E-state index contributed by atoms with van der Waals surface area (Å²) in [5.41, 5.74) is 8.49. The van der Waals surface area contributed by atoms with Gasteiger partial charge in [-0.3, -0.25) is 9.69 Å². The molecule has 1 N–H and O–H groups in total. The highest BCUT2D eigenvalue weighted by molar-refractivity contribution is 5.76. The summed E-state index contributed by atoms with van der Waals surface area (Å²) in [5, 5.41) is 9.18. The van der Waals surface area contributed by atoms with Crippen LogP contribution in [0.3, 0.4) is 0 Å². The SMILES string of the molecule is Cc1cc(OCCN2CCOCC2)cc(C)c1-c1cccc2c1CCC2Oc1ccc2c(c1)OCC2CC(=O)O. The van der Waals surface area contributed by atoms with Crippen LogP contribution in [0.2, 0.25) is 0 Å². The Morgan fingerprint density at radius 1 is 1.02 bits per heavy atom. The van der Waals surface area contributed by atoms with Gasteiger partial charge in [-0.05, 0) is 78.3 Å². The molecule has 3 aromatic carbocycles. The standard InChI is InChI=1S/C33H37NO6/c1-21-16-25(38-15-12-34-10-13-37-14-11-34)17-22(2)33(21)29-5-3-4-28-27(29)8-9-30(28)40-24-6-7-26-23(18-32(35)36)20-39-31(26)19-24/h3-7,16-17,19,23,30H,8-15,18,20H2,1-2H3,(H,35,36). The molecular formula is C33H37NO6. The molecule has 1 aliphatic carbocycles. The van der Waals surface area contributed by atoms with Gasteiger partial charge in [-0.15, -0.1) is 0 Å². The first kappa shape index (κ1) is 26.7. The van der Waals surface area contributed by atoms with Crippen LogP contribution >= 0.6 is 0 Å². The molecule has 0 bridgehead atoms. The van der Waals surface area contributed by atoms with E-state index < -0.39 is 5.97 Å². The second-order valence-corrected chi connectivity index (χ2v) is 11.1. The van der Waals surface area contributed by atoms with Gasteiger partial charge in [0.05, 0.1) is 26.2 Å². The van der Waals surface area contributed by atoms with Crippen LogP contribution in [-0.4, -0.2) is 62.0 Å². The van der Waals surface area contributed by atoms with Crippen molar-refractivity contribution in [1.29, 1.82) is 0 Å². The van der Waals surface area contributed by atoms with Crippen molar-refractivity contribution in [2.45, 2.75) is 45.1 Å². The molecule has 0 spiro atoms. The predicted molar refractivity (Wildman–Crippen MR) is 153 cm³/mol. The molecule has 0 aromatic heterocycles. The summed E-state index contributed by atoms with van der Waals surface area (Å²) in [6, 6.07) is 16.6. The third-order valence-corrected chi connectivity index (χ3v) is 8.34. The van der Waals surface area contributed by atoms with Crippen LogP contribution in [0, 0.1) is 13.8 Å². The molecular weight excluding hydrogens is 506 g/mol. The number of carboxylic acid groups (broad SMARTS) is 1. The average Bonchev–Trinajstić information content (AvgIpc) is 3.53. The van der Waals surface area contributed by atoms with Crippen molar-refractivity contribution in [2.24, 2.45) is 0 Å². The minimum absolute atomic E-state index is 0.0346. The normalized spacial score (nSPS) is 20.1. The summed E-state index contributed by atoms with van der Waals surface area (Å²) in [6.45, 7) is 9.87. The molecule has 40 heavy (non-hydrogen) atoms. The first-order valence-electron chi connectivity index (χ1n) is 14.3. The van der Waals surface area contributed by atoms with Gasteiger partial charge in [-0.2, -0.15) is 0 Å². The molecule has 2 unspecified atom stereocenters. The molecule has 1 saturated heterocycles. The van der Waals surface area contributed by atoms with Crippen molar-refractivity contribution in [1.82, 2.24) is 4.90 Å². The van der Waals surface area contributed by atoms with E-state index >= 15 is 0 Å². The van der Waals surface area contributed by atoms with Crippen molar-refractivity contribution in [2.75, 3.05) is 46.1 Å². The number of aryl methyl sites for hydroxylation is 2. The minimum Gasteiger partial charge on any atom is -0.492 e. The van der Waals surface area contributed by atoms with Crippen LogP contribution in [0.15, 0.2) is 48.5 Å². The molecule has 0 saturated carbocycles. The van der Waals surface area contributed by atoms with Gasteiger partial charge in [-0.25, -0.2) is 0 Å². The van der Waals surface area contributed by atoms with Gasteiger partial charge < -0.3 is 24.1 Å². The van der Waals surface area contributed by atoms with Crippen molar-refractivity contribution < 1.29 is 28.8 Å². The summed E-state index contributed by atoms with van der Waals surface area (Å²) >= 11 is 0. The molecule has 0 radical (unpaired) electrons. The van der Waals surface area contributed by atoms with Gasteiger partial charge >= 0.3 is 5.97 Å². The van der Waals surface area contributed by atoms with Gasteiger partial charge in [0, 0.05) is 37.2 Å². The molecule has 1 fully saturated rings. The van der Waals surface area contributed by atoms with Crippen LogP contribution in [0.5, 0.6) is 17.2 Å². The van der Waals surface area contributed by atoms with E-state index in [9.17, 15) is 9.90 Å². The Morgan fingerprint density at radius 3 is 2.60 bits per heavy atom. The Morgan fingerprint density at radius 2 is 1.82 bits per heavy atom. The van der Waals surface area contributed by atoms with Crippen LogP contribution < -0.4 is 14.2 Å². The monoisotopic (exact) mass is 543 g/mol. The van der Waals surface area contributed by atoms with Crippen LogP contribution in [0.4, 0.5) is 0 Å². The molecule has 2 atom stereocenters. The highest BCUT2D eigenvalue weighted by Gasteiger charge is 2.30. The fourth-order valence-corrected chi connectivity index (χ4v) is 6.40. The molecule has 3 aromatic rings. The second kappa shape index (κ2) is 11.5. The minimum atomic E-state index is -0.809. The van der Waals surface area contributed by atoms with Crippen molar-refractivity contribution >= 4 is 5.97 Å². The fraction of sp³-hybridized carbons (Fsp3) is 0.424. The van der Waals surface area contributed by atoms with Crippen molar-refractivity contribution in [3.8, 4) is 28.4 Å². The predicted octanol–water partition coefficient (Wildman–Crippen LogP) is 5.70. The highest BCUT2D eigenvalue weighted by Crippen LogP contribution is 2.44. The zero-order valence-corrected chi connectivity index (χ0v) is 23.3. The van der Waals surface area contributed by atoms with E-state index in [1.807, 2.05) is 18.2 Å². The lowest BCUT2D eigenvalue weighted by Gasteiger charge is -2.26. The molecule has 0 amide bonds. The maximum absolute atomic E-state index is 11.2. The summed E-state index contributed by atoms with van der Waals surface area (Å²) in [4.78, 5) is 13.6. The van der Waals surface area contributed by atoms with Crippen molar-refractivity contribution in [3.63, 3.8) is 0 Å². The highest BCUT2D eigenvalue weighted by atomic mass is 16.5. The maximum atomic E-state index is 11.2. The zero-order chi connectivity index (χ0) is 27.6. The van der Waals surface area contributed by atoms with Gasteiger partial charge in [0.1, 0.15) is 30.0 Å². The zero-order valence-electron chi connectivity index (χ0n) is 23.3. The molecule has 210 valence electrons. The first-order valence-corrected chi connectivity index (χ1v) is 14.3. The smallest absolute Gasteiger partial charge is 0.304 e. The fourth-order valence-electron chi connectivity index (χ4n) is 6.40. The van der Waals surface area contributed by atoms with E-state index in [1.165, 1.54) is 33.4 Å². The Hall–Kier alpha value is -3.55. The number of nitrogens with zero attached hydrogens (tertiary/aromatic N) is 1. The maximum Gasteiger partial charge on any atom is 0.304 e. The van der Waals surface area contributed by atoms with Crippen molar-refractivity contribution in [3.05, 3.63) is 76.3 Å². The van der Waals surface area contributed by atoms with E-state index in [4.69, 9.17) is 18.9 Å². The number of benzene rings is 3. The quantitative estimate of drug-likeness (QED) is 0.371. The Kier molecular flexibility index (Phi) is 7.67. The summed E-state index contributed by atoms with van der Waals surface area (Å²) in [7, 11) is 0. The first-order chi connectivity index (χ1) is 19.5. The Labute approximate surface area is 235 Å². The summed E-state index contributed by atoms with van der Waals surface area (Å²) < 4.78 is 23.9. The third-order valence-electron chi connectivity index (χ3n) is 8.34. The van der Waals surface area contributed by atoms with Gasteiger partial charge in [0.15, 0.2) is 0 Å². The average molecular weight is 544 g/mol. The summed E-state index contributed by atoms with van der Waals surface area (Å²) in [6.07, 6.45) is 1.90. The number of hydrogen-bond acceptors (Lipinski definition) is 6. The van der Waals surface area contributed by atoms with E-state index in [0.717, 1.165) is 68.5 Å². The lowest BCUT2D eigenvalue weighted by Crippen LogP contribution is -2.38. The van der Waals surface area contributed by atoms with E-state index in [1.54, 1.807) is 0 Å². The van der Waals surface area contributed by atoms with Crippen LogP contribution in [0.25, 0.3) is 11.1 Å². The Bertz CT molecular complexity index is 1370. The van der Waals surface area contributed by atoms with E-state index in [2.05, 4.69) is 49.1 Å². The van der Waals surface area contributed by atoms with E-state index in [0.29, 0.717) is 13.2 Å². The number of rotatable bonds is 9. The number of hydrogen-bond donors (Lipinski definition) is 1. The van der Waals surface area contributed by atoms with E-state index in [-0.39, 0.29) is 18.4 Å². The molecule has 2 aliphatic heterocycles. The molecule has 7 heteroatoms. The van der Waals surface area contributed by atoms with Gasteiger partial charge in [0.25, 0.3) is 0 Å². The van der Waals surface area contributed by atoms with Gasteiger partial charge in [0.2, 0.25) is 0 Å². The number of aliphatic carboxylic acids is 1. The lowest BCUT2D eigenvalue weighted by atomic mass is 9.90. The Balaban J connectivity index is 1.17. The largest absolute Gasteiger partial charge is 0.492 e. The number of carbonyl (C=O) groups is 1. The molecule has 7 nitrogen and oxygen atoms in total. The van der Waals surface area contributed by atoms with Crippen LogP contribution in [-0.2, 0) is 16.0 Å². The summed E-state index contributed by atoms with van der Waals surface area (Å²) in [5.74, 6) is 1.49. The third kappa shape index (κ3) is 5.54. The molecule has 2 heterocycles. The number of ether oxygens (including phenoxy) is 4.